The summed E-state index contributed by atoms with van der Waals surface area (Å²) in [4.78, 5) is 1.24. The van der Waals surface area contributed by atoms with E-state index in [0.29, 0.717) is 0 Å². The van der Waals surface area contributed by atoms with Gasteiger partial charge in [0.1, 0.15) is 11.5 Å². The van der Waals surface area contributed by atoms with E-state index in [0.717, 1.165) is 16.9 Å². The molecular weight excluding hydrogens is 376 g/mol. The Kier molecular flexibility index (Phi) is 4.33. The molecule has 0 saturated carbocycles. The predicted molar refractivity (Wildman–Crippen MR) is 118 cm³/mol. The molecule has 0 aromatic heterocycles. The van der Waals surface area contributed by atoms with Crippen LogP contribution in [0.2, 0.25) is 0 Å². The van der Waals surface area contributed by atoms with Crippen molar-refractivity contribution >= 4 is 11.8 Å². The third-order valence-corrected chi connectivity index (χ3v) is 6.82. The van der Waals surface area contributed by atoms with Gasteiger partial charge in [0.15, 0.2) is 0 Å². The maximum Gasteiger partial charge on any atom is 0.115 e. The van der Waals surface area contributed by atoms with Crippen LogP contribution in [0, 0.1) is 0 Å². The van der Waals surface area contributed by atoms with Crippen molar-refractivity contribution in [2.24, 2.45) is 0 Å². The van der Waals surface area contributed by atoms with E-state index in [2.05, 4.69) is 48.5 Å². The zero-order valence-corrected chi connectivity index (χ0v) is 16.6. The minimum atomic E-state index is -0.544. The van der Waals surface area contributed by atoms with E-state index in [4.69, 9.17) is 0 Å². The second kappa shape index (κ2) is 7.02. The van der Waals surface area contributed by atoms with Gasteiger partial charge in [-0.3, -0.25) is 0 Å². The van der Waals surface area contributed by atoms with Gasteiger partial charge in [0.25, 0.3) is 0 Å². The molecule has 0 fully saturated rings. The van der Waals surface area contributed by atoms with E-state index >= 15 is 0 Å². The molecule has 0 spiro atoms. The SMILES string of the molecule is Oc1ccc(C2(c3ccc(O)cc3)c3ccccc3CSc3ccccc32)cc1. The van der Waals surface area contributed by atoms with Gasteiger partial charge in [0, 0.05) is 10.6 Å². The number of aromatic hydroxyl groups is 2. The number of phenols is 2. The van der Waals surface area contributed by atoms with Crippen molar-refractivity contribution in [1.82, 2.24) is 0 Å². The number of thioether (sulfide) groups is 1. The monoisotopic (exact) mass is 396 g/mol. The third-order valence-electron chi connectivity index (χ3n) is 5.70. The Hall–Kier alpha value is -3.17. The van der Waals surface area contributed by atoms with Crippen molar-refractivity contribution in [3.63, 3.8) is 0 Å². The quantitative estimate of drug-likeness (QED) is 0.431. The highest BCUT2D eigenvalue weighted by molar-refractivity contribution is 7.98. The second-order valence-corrected chi connectivity index (χ2v) is 8.30. The minimum absolute atomic E-state index is 0.249. The Bertz CT molecular complexity index is 1070. The van der Waals surface area contributed by atoms with E-state index in [1.54, 1.807) is 24.3 Å². The predicted octanol–water partition coefficient (Wildman–Crippen LogP) is 6.09. The Morgan fingerprint density at radius 1 is 0.586 bits per heavy atom. The molecule has 1 aliphatic rings. The molecule has 1 heterocycles. The van der Waals surface area contributed by atoms with Crippen LogP contribution in [-0.4, -0.2) is 10.2 Å². The molecule has 0 unspecified atom stereocenters. The topological polar surface area (TPSA) is 40.5 Å². The van der Waals surface area contributed by atoms with Crippen LogP contribution in [0.25, 0.3) is 0 Å². The molecule has 5 rings (SSSR count). The summed E-state index contributed by atoms with van der Waals surface area (Å²) in [6, 6.07) is 32.2. The van der Waals surface area contributed by atoms with Gasteiger partial charge < -0.3 is 10.2 Å². The summed E-state index contributed by atoms with van der Waals surface area (Å²) in [6.45, 7) is 0. The fourth-order valence-electron chi connectivity index (χ4n) is 4.43. The molecule has 29 heavy (non-hydrogen) atoms. The number of hydrogen-bond acceptors (Lipinski definition) is 3. The van der Waals surface area contributed by atoms with E-state index in [1.807, 2.05) is 36.0 Å². The molecule has 3 heteroatoms. The lowest BCUT2D eigenvalue weighted by Gasteiger charge is -2.37. The highest BCUT2D eigenvalue weighted by Gasteiger charge is 2.42. The molecule has 0 atom stereocenters. The van der Waals surface area contributed by atoms with Crippen LogP contribution in [0.3, 0.4) is 0 Å². The third kappa shape index (κ3) is 2.81. The average Bonchev–Trinajstić information content (AvgIpc) is 2.91. The molecule has 0 radical (unpaired) electrons. The standard InChI is InChI=1S/C26H20O2S/c27-21-13-9-19(10-14-21)26(20-11-15-22(28)16-12-20)23-6-2-1-5-18(23)17-29-25-8-4-3-7-24(25)26/h1-16,27-28H,17H2. The van der Waals surface area contributed by atoms with Crippen LogP contribution >= 0.6 is 11.8 Å². The molecule has 142 valence electrons. The normalized spacial score (nSPS) is 14.5. The number of fused-ring (bicyclic) bond motifs is 2. The molecule has 4 aromatic carbocycles. The summed E-state index contributed by atoms with van der Waals surface area (Å²) in [6.07, 6.45) is 0. The van der Waals surface area contributed by atoms with Crippen molar-refractivity contribution in [1.29, 1.82) is 0 Å². The largest absolute Gasteiger partial charge is 0.508 e. The number of phenolic OH excluding ortho intramolecular Hbond substituents is 2. The molecule has 2 N–H and O–H groups in total. The Morgan fingerprint density at radius 2 is 1.10 bits per heavy atom. The lowest BCUT2D eigenvalue weighted by atomic mass is 9.64. The van der Waals surface area contributed by atoms with E-state index in [1.165, 1.54) is 21.6 Å². The fraction of sp³-hybridized carbons (Fsp3) is 0.0769. The Balaban J connectivity index is 1.96. The first-order chi connectivity index (χ1) is 14.2. The van der Waals surface area contributed by atoms with Gasteiger partial charge >= 0.3 is 0 Å². The maximum atomic E-state index is 9.95. The van der Waals surface area contributed by atoms with E-state index < -0.39 is 5.41 Å². The van der Waals surface area contributed by atoms with Crippen LogP contribution in [-0.2, 0) is 11.2 Å². The molecule has 4 aromatic rings. The number of rotatable bonds is 2. The summed E-state index contributed by atoms with van der Waals surface area (Å²) < 4.78 is 0. The van der Waals surface area contributed by atoms with Crippen molar-refractivity contribution in [3.05, 3.63) is 125 Å². The van der Waals surface area contributed by atoms with Gasteiger partial charge in [0.2, 0.25) is 0 Å². The van der Waals surface area contributed by atoms with Crippen molar-refractivity contribution in [2.45, 2.75) is 16.1 Å². The molecule has 0 aliphatic carbocycles. The molecular formula is C26H20O2S. The van der Waals surface area contributed by atoms with Gasteiger partial charge in [-0.15, -0.1) is 11.8 Å². The van der Waals surface area contributed by atoms with Crippen LogP contribution in [0.1, 0.15) is 27.8 Å². The lowest BCUT2D eigenvalue weighted by molar-refractivity contribution is 0.474. The zero-order chi connectivity index (χ0) is 19.8. The maximum absolute atomic E-state index is 9.95. The van der Waals surface area contributed by atoms with Gasteiger partial charge in [-0.2, -0.15) is 0 Å². The van der Waals surface area contributed by atoms with E-state index in [9.17, 15) is 10.2 Å². The zero-order valence-electron chi connectivity index (χ0n) is 15.7. The summed E-state index contributed by atoms with van der Waals surface area (Å²) >= 11 is 1.85. The lowest BCUT2D eigenvalue weighted by Crippen LogP contribution is -2.32. The Morgan fingerprint density at radius 3 is 1.72 bits per heavy atom. The van der Waals surface area contributed by atoms with Gasteiger partial charge in [-0.1, -0.05) is 66.7 Å². The van der Waals surface area contributed by atoms with Crippen molar-refractivity contribution in [3.8, 4) is 11.5 Å². The molecule has 2 nitrogen and oxygen atoms in total. The fourth-order valence-corrected chi connectivity index (χ4v) is 5.54. The summed E-state index contributed by atoms with van der Waals surface area (Å²) in [5.41, 5.74) is 5.36. The second-order valence-electron chi connectivity index (χ2n) is 7.29. The van der Waals surface area contributed by atoms with Crippen molar-refractivity contribution in [2.75, 3.05) is 0 Å². The molecule has 0 saturated heterocycles. The first-order valence-electron chi connectivity index (χ1n) is 9.59. The van der Waals surface area contributed by atoms with Crippen LogP contribution in [0.4, 0.5) is 0 Å². The van der Waals surface area contributed by atoms with Crippen LogP contribution in [0.15, 0.2) is 102 Å². The van der Waals surface area contributed by atoms with Gasteiger partial charge in [-0.25, -0.2) is 0 Å². The van der Waals surface area contributed by atoms with Gasteiger partial charge in [0.05, 0.1) is 5.41 Å². The van der Waals surface area contributed by atoms with Crippen LogP contribution < -0.4 is 0 Å². The highest BCUT2D eigenvalue weighted by atomic mass is 32.2. The van der Waals surface area contributed by atoms with Crippen molar-refractivity contribution < 1.29 is 10.2 Å². The smallest absolute Gasteiger partial charge is 0.115 e. The first-order valence-corrected chi connectivity index (χ1v) is 10.6. The van der Waals surface area contributed by atoms with E-state index in [-0.39, 0.29) is 11.5 Å². The molecule has 1 aliphatic heterocycles. The average molecular weight is 397 g/mol. The first kappa shape index (κ1) is 17.9. The Labute approximate surface area is 174 Å². The summed E-state index contributed by atoms with van der Waals surface area (Å²) in [7, 11) is 0. The number of benzene rings is 4. The number of hydrogen-bond donors (Lipinski definition) is 2. The van der Waals surface area contributed by atoms with Crippen LogP contribution in [0.5, 0.6) is 11.5 Å². The molecule has 0 bridgehead atoms. The minimum Gasteiger partial charge on any atom is -0.508 e. The molecule has 0 amide bonds. The highest BCUT2D eigenvalue weighted by Crippen LogP contribution is 2.52. The summed E-state index contributed by atoms with van der Waals surface area (Å²) in [5, 5.41) is 19.9. The summed E-state index contributed by atoms with van der Waals surface area (Å²) in [5.74, 6) is 1.39. The van der Waals surface area contributed by atoms with Gasteiger partial charge in [-0.05, 0) is 58.1 Å².